The maximum absolute atomic E-state index is 13.5. The first kappa shape index (κ1) is 16.8. The van der Waals surface area contributed by atoms with Gasteiger partial charge in [-0.15, -0.1) is 0 Å². The normalized spacial score (nSPS) is 26.2. The highest BCUT2D eigenvalue weighted by Gasteiger charge is 2.33. The number of rotatable bonds is 7. The number of hydrogen-bond donors (Lipinski definition) is 2. The lowest BCUT2D eigenvalue weighted by atomic mass is 9.89. The van der Waals surface area contributed by atoms with Crippen LogP contribution >= 0.6 is 11.8 Å². The average Bonchev–Trinajstić information content (AvgIpc) is 2.87. The molecule has 0 aliphatic carbocycles. The van der Waals surface area contributed by atoms with E-state index in [1.807, 2.05) is 12.1 Å². The number of fused-ring (bicyclic) bond motifs is 2. The van der Waals surface area contributed by atoms with Crippen molar-refractivity contribution in [3.63, 3.8) is 0 Å². The smallest absolute Gasteiger partial charge is 0.220 e. The highest BCUT2D eigenvalue weighted by Crippen LogP contribution is 2.32. The Kier molecular flexibility index (Phi) is 5.95. The highest BCUT2D eigenvalue weighted by molar-refractivity contribution is 7.98. The van der Waals surface area contributed by atoms with Gasteiger partial charge >= 0.3 is 0 Å². The Hall–Kier alpha value is -1.07. The molecule has 126 valence electrons. The molecule has 2 heterocycles. The van der Waals surface area contributed by atoms with Crippen molar-refractivity contribution in [2.24, 2.45) is 5.92 Å². The van der Waals surface area contributed by atoms with Crippen LogP contribution in [0.15, 0.2) is 24.3 Å². The van der Waals surface area contributed by atoms with E-state index < -0.39 is 0 Å². The third-order valence-electron chi connectivity index (χ3n) is 4.83. The number of hydrogen-bond acceptors (Lipinski definition) is 3. The van der Waals surface area contributed by atoms with E-state index in [1.165, 1.54) is 18.9 Å². The molecule has 2 saturated heterocycles. The summed E-state index contributed by atoms with van der Waals surface area (Å²) in [7, 11) is 0. The topological polar surface area (TPSA) is 41.1 Å². The molecule has 23 heavy (non-hydrogen) atoms. The van der Waals surface area contributed by atoms with Crippen LogP contribution in [0, 0.1) is 11.7 Å². The van der Waals surface area contributed by atoms with Crippen molar-refractivity contribution in [2.75, 3.05) is 12.3 Å². The molecule has 0 aromatic heterocycles. The van der Waals surface area contributed by atoms with Gasteiger partial charge < -0.3 is 10.6 Å². The SMILES string of the molecule is O=C(CC1CC2CCC(C1)N2)NCCSCc1ccccc1F. The number of thioether (sulfide) groups is 1. The Morgan fingerprint density at radius 2 is 2.00 bits per heavy atom. The van der Waals surface area contributed by atoms with E-state index >= 15 is 0 Å². The van der Waals surface area contributed by atoms with E-state index in [2.05, 4.69) is 10.6 Å². The molecule has 2 N–H and O–H groups in total. The van der Waals surface area contributed by atoms with Crippen LogP contribution in [0.2, 0.25) is 0 Å². The summed E-state index contributed by atoms with van der Waals surface area (Å²) in [5, 5.41) is 6.61. The molecular weight excluding hydrogens is 311 g/mol. The fourth-order valence-corrected chi connectivity index (χ4v) is 4.58. The molecular formula is C18H25FN2OS. The van der Waals surface area contributed by atoms with Gasteiger partial charge in [0.1, 0.15) is 5.82 Å². The second-order valence-corrected chi connectivity index (χ2v) is 7.78. The Morgan fingerprint density at radius 1 is 1.26 bits per heavy atom. The van der Waals surface area contributed by atoms with Crippen molar-refractivity contribution in [1.29, 1.82) is 0 Å². The maximum atomic E-state index is 13.5. The fourth-order valence-electron chi connectivity index (χ4n) is 3.74. The summed E-state index contributed by atoms with van der Waals surface area (Å²) in [5.41, 5.74) is 0.731. The van der Waals surface area contributed by atoms with Gasteiger partial charge in [-0.2, -0.15) is 11.8 Å². The molecule has 1 aromatic carbocycles. The largest absolute Gasteiger partial charge is 0.355 e. The quantitative estimate of drug-likeness (QED) is 0.752. The van der Waals surface area contributed by atoms with Crippen LogP contribution in [-0.4, -0.2) is 30.3 Å². The predicted octanol–water partition coefficient (Wildman–Crippen LogP) is 3.10. The Morgan fingerprint density at radius 3 is 2.74 bits per heavy atom. The van der Waals surface area contributed by atoms with Crippen LogP contribution in [0.1, 0.15) is 37.7 Å². The molecule has 2 aliphatic rings. The Bertz CT molecular complexity index is 528. The number of carbonyl (C=O) groups is 1. The van der Waals surface area contributed by atoms with E-state index in [1.54, 1.807) is 17.8 Å². The van der Waals surface area contributed by atoms with Crippen molar-refractivity contribution in [1.82, 2.24) is 10.6 Å². The molecule has 2 unspecified atom stereocenters. The summed E-state index contributed by atoms with van der Waals surface area (Å²) in [5.74, 6) is 2.03. The first-order valence-corrected chi connectivity index (χ1v) is 9.70. The molecule has 2 atom stereocenters. The van der Waals surface area contributed by atoms with E-state index in [-0.39, 0.29) is 11.7 Å². The van der Waals surface area contributed by atoms with Crippen LogP contribution in [0.3, 0.4) is 0 Å². The monoisotopic (exact) mass is 336 g/mol. The first-order valence-electron chi connectivity index (χ1n) is 8.54. The number of carbonyl (C=O) groups excluding carboxylic acids is 1. The van der Waals surface area contributed by atoms with Gasteiger partial charge in [-0.3, -0.25) is 4.79 Å². The summed E-state index contributed by atoms with van der Waals surface area (Å²) in [6.07, 6.45) is 5.50. The zero-order chi connectivity index (χ0) is 16.1. The zero-order valence-electron chi connectivity index (χ0n) is 13.4. The van der Waals surface area contributed by atoms with Crippen molar-refractivity contribution >= 4 is 17.7 Å². The molecule has 1 aromatic rings. The minimum atomic E-state index is -0.149. The van der Waals surface area contributed by atoms with Crippen molar-refractivity contribution < 1.29 is 9.18 Å². The van der Waals surface area contributed by atoms with E-state index in [4.69, 9.17) is 0 Å². The van der Waals surface area contributed by atoms with Gasteiger partial charge in [0, 0.05) is 36.6 Å². The number of benzene rings is 1. The van der Waals surface area contributed by atoms with Crippen LogP contribution in [-0.2, 0) is 10.5 Å². The van der Waals surface area contributed by atoms with Crippen LogP contribution in [0.25, 0.3) is 0 Å². The summed E-state index contributed by atoms with van der Waals surface area (Å²) in [6, 6.07) is 8.14. The van der Waals surface area contributed by atoms with Gasteiger partial charge in [-0.1, -0.05) is 18.2 Å². The summed E-state index contributed by atoms with van der Waals surface area (Å²) >= 11 is 1.65. The summed E-state index contributed by atoms with van der Waals surface area (Å²) < 4.78 is 13.5. The summed E-state index contributed by atoms with van der Waals surface area (Å²) in [6.45, 7) is 0.662. The first-order chi connectivity index (χ1) is 11.2. The Balaban J connectivity index is 1.28. The molecule has 2 aliphatic heterocycles. The molecule has 0 radical (unpaired) electrons. The highest BCUT2D eigenvalue weighted by atomic mass is 32.2. The van der Waals surface area contributed by atoms with Crippen LogP contribution < -0.4 is 10.6 Å². The molecule has 1 amide bonds. The molecule has 2 bridgehead atoms. The number of piperidine rings is 1. The lowest BCUT2D eigenvalue weighted by Gasteiger charge is -2.28. The van der Waals surface area contributed by atoms with Gasteiger partial charge in [-0.25, -0.2) is 4.39 Å². The van der Waals surface area contributed by atoms with Gasteiger partial charge in [0.25, 0.3) is 0 Å². The standard InChI is InChI=1S/C18H25FN2OS/c19-17-4-2-1-3-14(17)12-23-8-7-20-18(22)11-13-9-15-5-6-16(10-13)21-15/h1-4,13,15-16,21H,5-12H2,(H,20,22). The molecule has 0 spiro atoms. The average molecular weight is 336 g/mol. The van der Waals surface area contributed by atoms with Gasteiger partial charge in [0.05, 0.1) is 0 Å². The maximum Gasteiger partial charge on any atom is 0.220 e. The molecule has 2 fully saturated rings. The second kappa shape index (κ2) is 8.15. The molecule has 0 saturated carbocycles. The number of amides is 1. The van der Waals surface area contributed by atoms with Crippen LogP contribution in [0.4, 0.5) is 4.39 Å². The molecule has 3 rings (SSSR count). The minimum Gasteiger partial charge on any atom is -0.355 e. The number of nitrogens with one attached hydrogen (secondary N) is 2. The van der Waals surface area contributed by atoms with Crippen LogP contribution in [0.5, 0.6) is 0 Å². The lowest BCUT2D eigenvalue weighted by molar-refractivity contribution is -0.122. The van der Waals surface area contributed by atoms with Crippen molar-refractivity contribution in [3.05, 3.63) is 35.6 Å². The van der Waals surface area contributed by atoms with E-state index in [0.717, 1.165) is 24.2 Å². The lowest BCUT2D eigenvalue weighted by Crippen LogP contribution is -2.39. The zero-order valence-corrected chi connectivity index (χ0v) is 14.2. The number of halogens is 1. The fraction of sp³-hybridized carbons (Fsp3) is 0.611. The third kappa shape index (κ3) is 4.95. The van der Waals surface area contributed by atoms with E-state index in [0.29, 0.717) is 36.7 Å². The third-order valence-corrected chi connectivity index (χ3v) is 5.84. The van der Waals surface area contributed by atoms with Crippen molar-refractivity contribution in [2.45, 2.75) is 49.9 Å². The van der Waals surface area contributed by atoms with Crippen molar-refractivity contribution in [3.8, 4) is 0 Å². The predicted molar refractivity (Wildman–Crippen MR) is 92.9 cm³/mol. The minimum absolute atomic E-state index is 0.149. The Labute approximate surface area is 141 Å². The summed E-state index contributed by atoms with van der Waals surface area (Å²) in [4.78, 5) is 12.0. The van der Waals surface area contributed by atoms with E-state index in [9.17, 15) is 9.18 Å². The molecule has 5 heteroatoms. The van der Waals surface area contributed by atoms with Gasteiger partial charge in [0.2, 0.25) is 5.91 Å². The molecule has 3 nitrogen and oxygen atoms in total. The van der Waals surface area contributed by atoms with Gasteiger partial charge in [0.15, 0.2) is 0 Å². The van der Waals surface area contributed by atoms with Gasteiger partial charge in [-0.05, 0) is 43.2 Å². The second-order valence-electron chi connectivity index (χ2n) is 6.67.